The molecule has 0 aromatic rings. The predicted molar refractivity (Wildman–Crippen MR) is 35.6 cm³/mol. The van der Waals surface area contributed by atoms with E-state index >= 15 is 0 Å². The molecular weight excluding hydrogens is 100 g/mol. The zero-order valence-electron chi connectivity index (χ0n) is 5.39. The van der Waals surface area contributed by atoms with E-state index in [0.29, 0.717) is 0 Å². The van der Waals surface area contributed by atoms with Crippen LogP contribution in [0.3, 0.4) is 0 Å². The Labute approximate surface area is 50.3 Å². The topological polar surface area (TPSA) is 20.2 Å². The first kappa shape index (κ1) is 7.44. The maximum atomic E-state index is 8.84. The fourth-order valence-corrected chi connectivity index (χ4v) is 0.325. The van der Waals surface area contributed by atoms with E-state index < -0.39 is 0 Å². The van der Waals surface area contributed by atoms with Crippen LogP contribution in [0.2, 0.25) is 0 Å². The molecule has 0 saturated carbocycles. The van der Waals surface area contributed by atoms with E-state index in [0.717, 1.165) is 5.57 Å². The number of hydrogen-bond donors (Lipinski definition) is 1. The summed E-state index contributed by atoms with van der Waals surface area (Å²) >= 11 is 0. The van der Waals surface area contributed by atoms with Gasteiger partial charge in [-0.2, -0.15) is 0 Å². The van der Waals surface area contributed by atoms with Gasteiger partial charge < -0.3 is 5.11 Å². The quantitative estimate of drug-likeness (QED) is 0.537. The largest absolute Gasteiger partial charge is 0.389 e. The molecule has 0 aromatic carbocycles. The Morgan fingerprint density at radius 2 is 2.25 bits per heavy atom. The highest BCUT2D eigenvalue weighted by Crippen LogP contribution is 1.98. The molecule has 0 unspecified atom stereocenters. The van der Waals surface area contributed by atoms with E-state index in [9.17, 15) is 0 Å². The number of rotatable bonds is 2. The van der Waals surface area contributed by atoms with Crippen molar-refractivity contribution in [3.05, 3.63) is 24.3 Å². The second kappa shape index (κ2) is 3.44. The van der Waals surface area contributed by atoms with Gasteiger partial charge in [-0.3, -0.25) is 0 Å². The van der Waals surface area contributed by atoms with Crippen molar-refractivity contribution in [2.24, 2.45) is 0 Å². The minimum Gasteiger partial charge on any atom is -0.389 e. The van der Waals surface area contributed by atoms with Gasteiger partial charge in [-0.1, -0.05) is 18.7 Å². The maximum absolute atomic E-state index is 8.84. The lowest BCUT2D eigenvalue weighted by Crippen LogP contribution is -1.99. The average Bonchev–Trinajstić information content (AvgIpc) is 1.67. The number of aliphatic hydroxyl groups excluding tert-OH is 1. The van der Waals surface area contributed by atoms with E-state index in [1.807, 2.05) is 6.92 Å². The third-order valence-corrected chi connectivity index (χ3v) is 1.04. The van der Waals surface area contributed by atoms with Gasteiger partial charge in [0, 0.05) is 0 Å². The molecule has 1 nitrogen and oxygen atoms in total. The molecule has 0 aromatic heterocycles. The van der Waals surface area contributed by atoms with Gasteiger partial charge in [0.1, 0.15) is 0 Å². The van der Waals surface area contributed by atoms with Gasteiger partial charge in [-0.25, -0.2) is 0 Å². The highest BCUT2D eigenvalue weighted by molar-refractivity contribution is 5.10. The van der Waals surface area contributed by atoms with E-state index in [-0.39, 0.29) is 6.10 Å². The fourth-order valence-electron chi connectivity index (χ4n) is 0.325. The summed E-state index contributed by atoms with van der Waals surface area (Å²) in [5.74, 6) is 0. The van der Waals surface area contributed by atoms with Gasteiger partial charge in [-0.05, 0) is 19.4 Å². The lowest BCUT2D eigenvalue weighted by Gasteiger charge is -2.00. The lowest BCUT2D eigenvalue weighted by atomic mass is 10.2. The lowest BCUT2D eigenvalue weighted by molar-refractivity contribution is 0.231. The Morgan fingerprint density at radius 3 is 2.38 bits per heavy atom. The Kier molecular flexibility index (Phi) is 3.20. The van der Waals surface area contributed by atoms with E-state index in [1.54, 1.807) is 19.1 Å². The molecule has 0 aliphatic carbocycles. The molecule has 0 amide bonds. The summed E-state index contributed by atoms with van der Waals surface area (Å²) in [5, 5.41) is 8.84. The fraction of sp³-hybridized carbons (Fsp3) is 0.429. The average molecular weight is 112 g/mol. The molecule has 1 atom stereocenters. The predicted octanol–water partition coefficient (Wildman–Crippen LogP) is 1.50. The van der Waals surface area contributed by atoms with Gasteiger partial charge >= 0.3 is 0 Å². The Bertz CT molecular complexity index is 101. The SMILES string of the molecule is C=CC=C(C)[C@H](C)O. The third-order valence-electron chi connectivity index (χ3n) is 1.04. The third kappa shape index (κ3) is 2.59. The molecule has 0 rings (SSSR count). The number of hydrogen-bond acceptors (Lipinski definition) is 1. The molecule has 0 saturated heterocycles. The van der Waals surface area contributed by atoms with Gasteiger partial charge in [0.2, 0.25) is 0 Å². The van der Waals surface area contributed by atoms with Crippen molar-refractivity contribution in [3.63, 3.8) is 0 Å². The van der Waals surface area contributed by atoms with Crippen LogP contribution in [0, 0.1) is 0 Å². The summed E-state index contributed by atoms with van der Waals surface area (Å²) in [6.07, 6.45) is 3.13. The smallest absolute Gasteiger partial charge is 0.0722 e. The first-order chi connectivity index (χ1) is 3.68. The maximum Gasteiger partial charge on any atom is 0.0722 e. The minimum atomic E-state index is -0.340. The molecule has 0 fully saturated rings. The molecule has 8 heavy (non-hydrogen) atoms. The zero-order valence-corrected chi connectivity index (χ0v) is 5.39. The monoisotopic (exact) mass is 112 g/mol. The van der Waals surface area contributed by atoms with Crippen molar-refractivity contribution in [3.8, 4) is 0 Å². The van der Waals surface area contributed by atoms with Crippen LogP contribution in [0.1, 0.15) is 13.8 Å². The Hall–Kier alpha value is -0.560. The highest BCUT2D eigenvalue weighted by atomic mass is 16.3. The summed E-state index contributed by atoms with van der Waals surface area (Å²) in [7, 11) is 0. The summed E-state index contributed by atoms with van der Waals surface area (Å²) in [6.45, 7) is 7.09. The normalized spacial score (nSPS) is 15.6. The van der Waals surface area contributed by atoms with Crippen LogP contribution in [0.25, 0.3) is 0 Å². The summed E-state index contributed by atoms with van der Waals surface area (Å²) in [6, 6.07) is 0. The molecule has 0 spiro atoms. The van der Waals surface area contributed by atoms with Crippen LogP contribution in [-0.4, -0.2) is 11.2 Å². The van der Waals surface area contributed by atoms with E-state index in [4.69, 9.17) is 5.11 Å². The molecule has 1 N–H and O–H groups in total. The van der Waals surface area contributed by atoms with E-state index in [2.05, 4.69) is 6.58 Å². The molecule has 0 radical (unpaired) electrons. The second-order valence-corrected chi connectivity index (χ2v) is 1.82. The van der Waals surface area contributed by atoms with Gasteiger partial charge in [0.25, 0.3) is 0 Å². The van der Waals surface area contributed by atoms with Crippen LogP contribution in [-0.2, 0) is 0 Å². The number of allylic oxidation sites excluding steroid dienone is 2. The molecule has 0 aliphatic heterocycles. The van der Waals surface area contributed by atoms with Gasteiger partial charge in [-0.15, -0.1) is 0 Å². The van der Waals surface area contributed by atoms with Crippen molar-refractivity contribution in [2.75, 3.05) is 0 Å². The number of aliphatic hydroxyl groups is 1. The molecular formula is C7H12O. The minimum absolute atomic E-state index is 0.340. The molecule has 1 heteroatoms. The van der Waals surface area contributed by atoms with Crippen LogP contribution in [0.15, 0.2) is 24.3 Å². The zero-order chi connectivity index (χ0) is 6.57. The summed E-state index contributed by atoms with van der Waals surface area (Å²) in [4.78, 5) is 0. The van der Waals surface area contributed by atoms with Gasteiger partial charge in [0.05, 0.1) is 6.10 Å². The van der Waals surface area contributed by atoms with Crippen LogP contribution in [0.4, 0.5) is 0 Å². The summed E-state index contributed by atoms with van der Waals surface area (Å²) < 4.78 is 0. The van der Waals surface area contributed by atoms with Crippen molar-refractivity contribution in [1.29, 1.82) is 0 Å². The van der Waals surface area contributed by atoms with Crippen molar-refractivity contribution < 1.29 is 5.11 Å². The molecule has 46 valence electrons. The van der Waals surface area contributed by atoms with Crippen molar-refractivity contribution in [2.45, 2.75) is 20.0 Å². The highest BCUT2D eigenvalue weighted by Gasteiger charge is 1.93. The van der Waals surface area contributed by atoms with Crippen LogP contribution in [0.5, 0.6) is 0 Å². The van der Waals surface area contributed by atoms with Crippen molar-refractivity contribution >= 4 is 0 Å². The first-order valence-corrected chi connectivity index (χ1v) is 2.65. The van der Waals surface area contributed by atoms with Crippen LogP contribution >= 0.6 is 0 Å². The molecule has 0 heterocycles. The first-order valence-electron chi connectivity index (χ1n) is 2.65. The van der Waals surface area contributed by atoms with Gasteiger partial charge in [0.15, 0.2) is 0 Å². The van der Waals surface area contributed by atoms with Crippen molar-refractivity contribution in [1.82, 2.24) is 0 Å². The standard InChI is InChI=1S/C7H12O/c1-4-5-6(2)7(3)8/h4-5,7-8H,1H2,2-3H3/t7-/m0/s1. The van der Waals surface area contributed by atoms with Crippen LogP contribution < -0.4 is 0 Å². The molecule has 0 bridgehead atoms. The Morgan fingerprint density at radius 1 is 1.75 bits per heavy atom. The summed E-state index contributed by atoms with van der Waals surface area (Å²) in [5.41, 5.74) is 0.944. The Balaban J connectivity index is 3.78. The molecule has 0 aliphatic rings. The van der Waals surface area contributed by atoms with E-state index in [1.165, 1.54) is 0 Å². The second-order valence-electron chi connectivity index (χ2n) is 1.82.